The summed E-state index contributed by atoms with van der Waals surface area (Å²) in [6.45, 7) is 6.27. The molecule has 1 aliphatic carbocycles. The minimum absolute atomic E-state index is 0.249. The smallest absolute Gasteiger partial charge is 0.167 e. The van der Waals surface area contributed by atoms with Gasteiger partial charge in [0, 0.05) is 6.54 Å². The van der Waals surface area contributed by atoms with Gasteiger partial charge in [0.05, 0.1) is 6.04 Å². The van der Waals surface area contributed by atoms with Gasteiger partial charge in [-0.25, -0.2) is 4.68 Å². The van der Waals surface area contributed by atoms with Gasteiger partial charge in [0.25, 0.3) is 0 Å². The summed E-state index contributed by atoms with van der Waals surface area (Å²) in [7, 11) is 0. The monoisotopic (exact) mass is 209 g/mol. The van der Waals surface area contributed by atoms with Crippen molar-refractivity contribution in [3.05, 3.63) is 5.82 Å². The summed E-state index contributed by atoms with van der Waals surface area (Å²) in [5.74, 6) is 1.78. The molecule has 15 heavy (non-hydrogen) atoms. The Bertz CT molecular complexity index is 305. The summed E-state index contributed by atoms with van der Waals surface area (Å²) in [6, 6.07) is 0.249. The zero-order valence-electron chi connectivity index (χ0n) is 9.48. The van der Waals surface area contributed by atoms with E-state index in [1.807, 2.05) is 4.68 Å². The summed E-state index contributed by atoms with van der Waals surface area (Å²) in [5.41, 5.74) is 0. The molecule has 0 bridgehead atoms. The van der Waals surface area contributed by atoms with Crippen LogP contribution in [0.25, 0.3) is 0 Å². The maximum absolute atomic E-state index is 4.09. The molecule has 0 spiro atoms. The lowest BCUT2D eigenvalue weighted by Crippen LogP contribution is -2.23. The Morgan fingerprint density at radius 2 is 2.33 bits per heavy atom. The highest BCUT2D eigenvalue weighted by Crippen LogP contribution is 2.30. The van der Waals surface area contributed by atoms with Crippen molar-refractivity contribution in [1.82, 2.24) is 25.5 Å². The van der Waals surface area contributed by atoms with Crippen LogP contribution < -0.4 is 5.32 Å². The SMILES string of the molecule is CCCNC(C)c1nnnn1CC1CC1. The lowest BCUT2D eigenvalue weighted by atomic mass is 10.3. The molecule has 1 heterocycles. The van der Waals surface area contributed by atoms with E-state index in [2.05, 4.69) is 34.7 Å². The van der Waals surface area contributed by atoms with Crippen molar-refractivity contribution in [3.8, 4) is 0 Å². The molecule has 1 N–H and O–H groups in total. The van der Waals surface area contributed by atoms with Gasteiger partial charge in [0.1, 0.15) is 0 Å². The van der Waals surface area contributed by atoms with Crippen LogP contribution in [0.15, 0.2) is 0 Å². The first kappa shape index (κ1) is 10.5. The Balaban J connectivity index is 1.95. The number of aromatic nitrogens is 4. The molecule has 0 saturated heterocycles. The quantitative estimate of drug-likeness (QED) is 0.763. The van der Waals surface area contributed by atoms with Crippen molar-refractivity contribution in [1.29, 1.82) is 0 Å². The van der Waals surface area contributed by atoms with Gasteiger partial charge < -0.3 is 5.32 Å². The van der Waals surface area contributed by atoms with Crippen LogP contribution in [-0.4, -0.2) is 26.8 Å². The lowest BCUT2D eigenvalue weighted by Gasteiger charge is -2.12. The highest BCUT2D eigenvalue weighted by atomic mass is 15.5. The molecule has 84 valence electrons. The predicted molar refractivity (Wildman–Crippen MR) is 57.2 cm³/mol. The van der Waals surface area contributed by atoms with E-state index in [1.54, 1.807) is 0 Å². The minimum atomic E-state index is 0.249. The van der Waals surface area contributed by atoms with E-state index in [-0.39, 0.29) is 6.04 Å². The van der Waals surface area contributed by atoms with Gasteiger partial charge in [-0.2, -0.15) is 0 Å². The van der Waals surface area contributed by atoms with E-state index in [0.29, 0.717) is 0 Å². The zero-order valence-corrected chi connectivity index (χ0v) is 9.48. The number of rotatable bonds is 6. The average molecular weight is 209 g/mol. The number of nitrogens with zero attached hydrogens (tertiary/aromatic N) is 4. The van der Waals surface area contributed by atoms with Crippen molar-refractivity contribution >= 4 is 0 Å². The van der Waals surface area contributed by atoms with E-state index in [1.165, 1.54) is 12.8 Å². The van der Waals surface area contributed by atoms with Gasteiger partial charge in [-0.1, -0.05) is 6.92 Å². The van der Waals surface area contributed by atoms with Crippen LogP contribution in [0.2, 0.25) is 0 Å². The fourth-order valence-corrected chi connectivity index (χ4v) is 1.65. The largest absolute Gasteiger partial charge is 0.307 e. The van der Waals surface area contributed by atoms with E-state index in [9.17, 15) is 0 Å². The van der Waals surface area contributed by atoms with E-state index in [4.69, 9.17) is 0 Å². The first-order valence-corrected chi connectivity index (χ1v) is 5.80. The van der Waals surface area contributed by atoms with Crippen molar-refractivity contribution < 1.29 is 0 Å². The summed E-state index contributed by atoms with van der Waals surface area (Å²) >= 11 is 0. The molecular weight excluding hydrogens is 190 g/mol. The van der Waals surface area contributed by atoms with Crippen LogP contribution in [0.1, 0.15) is 45.0 Å². The minimum Gasteiger partial charge on any atom is -0.307 e. The lowest BCUT2D eigenvalue weighted by molar-refractivity contribution is 0.468. The molecule has 1 saturated carbocycles. The summed E-state index contributed by atoms with van der Waals surface area (Å²) in [6.07, 6.45) is 3.79. The van der Waals surface area contributed by atoms with Crippen LogP contribution in [0.5, 0.6) is 0 Å². The molecule has 0 radical (unpaired) electrons. The van der Waals surface area contributed by atoms with Crippen molar-refractivity contribution in [3.63, 3.8) is 0 Å². The number of hydrogen-bond donors (Lipinski definition) is 1. The fourth-order valence-electron chi connectivity index (χ4n) is 1.65. The third-order valence-corrected chi connectivity index (χ3v) is 2.78. The molecule has 1 aliphatic rings. The number of hydrogen-bond acceptors (Lipinski definition) is 4. The normalized spacial score (nSPS) is 18.0. The molecule has 1 aromatic rings. The van der Waals surface area contributed by atoms with Gasteiger partial charge in [0.2, 0.25) is 0 Å². The zero-order chi connectivity index (χ0) is 10.7. The molecule has 0 amide bonds. The van der Waals surface area contributed by atoms with Gasteiger partial charge in [0.15, 0.2) is 5.82 Å². The number of nitrogens with one attached hydrogen (secondary N) is 1. The highest BCUT2D eigenvalue weighted by Gasteiger charge is 2.24. The standard InChI is InChI=1S/C10H19N5/c1-3-6-11-8(2)10-12-13-14-15(10)7-9-4-5-9/h8-9,11H,3-7H2,1-2H3. The second kappa shape index (κ2) is 4.70. The molecule has 2 rings (SSSR count). The van der Waals surface area contributed by atoms with Gasteiger partial charge >= 0.3 is 0 Å². The van der Waals surface area contributed by atoms with Gasteiger partial charge in [-0.15, -0.1) is 5.10 Å². The Morgan fingerprint density at radius 1 is 1.53 bits per heavy atom. The average Bonchev–Trinajstić information content (AvgIpc) is 2.91. The van der Waals surface area contributed by atoms with Crippen LogP contribution in [0, 0.1) is 5.92 Å². The molecule has 0 aliphatic heterocycles. The highest BCUT2D eigenvalue weighted by molar-refractivity contribution is 4.91. The maximum Gasteiger partial charge on any atom is 0.167 e. The Hall–Kier alpha value is -0.970. The third kappa shape index (κ3) is 2.75. The second-order valence-corrected chi connectivity index (χ2v) is 4.34. The number of tetrazole rings is 1. The summed E-state index contributed by atoms with van der Waals surface area (Å²) < 4.78 is 1.95. The molecule has 1 aromatic heterocycles. The molecular formula is C10H19N5. The third-order valence-electron chi connectivity index (χ3n) is 2.78. The topological polar surface area (TPSA) is 55.6 Å². The first-order valence-electron chi connectivity index (χ1n) is 5.80. The van der Waals surface area contributed by atoms with E-state index < -0.39 is 0 Å². The Kier molecular flexibility index (Phi) is 3.30. The summed E-state index contributed by atoms with van der Waals surface area (Å²) in [5, 5.41) is 15.3. The Labute approximate surface area is 90.2 Å². The maximum atomic E-state index is 4.09. The van der Waals surface area contributed by atoms with Crippen LogP contribution in [-0.2, 0) is 6.54 Å². The Morgan fingerprint density at radius 3 is 3.00 bits per heavy atom. The van der Waals surface area contributed by atoms with E-state index >= 15 is 0 Å². The predicted octanol–water partition coefficient (Wildman–Crippen LogP) is 1.14. The summed E-state index contributed by atoms with van der Waals surface area (Å²) in [4.78, 5) is 0. The van der Waals surface area contributed by atoms with Crippen LogP contribution in [0.3, 0.4) is 0 Å². The molecule has 1 fully saturated rings. The van der Waals surface area contributed by atoms with Crippen molar-refractivity contribution in [2.75, 3.05) is 6.54 Å². The van der Waals surface area contributed by atoms with Crippen LogP contribution in [0.4, 0.5) is 0 Å². The second-order valence-electron chi connectivity index (χ2n) is 4.34. The van der Waals surface area contributed by atoms with Crippen molar-refractivity contribution in [2.24, 2.45) is 5.92 Å². The first-order chi connectivity index (χ1) is 7.31. The molecule has 5 nitrogen and oxygen atoms in total. The van der Waals surface area contributed by atoms with Gasteiger partial charge in [-0.3, -0.25) is 0 Å². The van der Waals surface area contributed by atoms with Crippen LogP contribution >= 0.6 is 0 Å². The molecule has 5 heteroatoms. The van der Waals surface area contributed by atoms with E-state index in [0.717, 1.165) is 31.3 Å². The van der Waals surface area contributed by atoms with Crippen molar-refractivity contribution in [2.45, 2.75) is 45.7 Å². The van der Waals surface area contributed by atoms with Gasteiger partial charge in [-0.05, 0) is 49.1 Å². The molecule has 0 aromatic carbocycles. The fraction of sp³-hybridized carbons (Fsp3) is 0.900. The molecule has 1 unspecified atom stereocenters. The molecule has 1 atom stereocenters.